The Morgan fingerprint density at radius 3 is 2.53 bits per heavy atom. The Morgan fingerprint density at radius 1 is 1.37 bits per heavy atom. The Morgan fingerprint density at radius 2 is 2.05 bits per heavy atom. The molecule has 108 valence electrons. The zero-order valence-corrected chi connectivity index (χ0v) is 11.2. The summed E-state index contributed by atoms with van der Waals surface area (Å²) in [6.07, 6.45) is 1.70. The summed E-state index contributed by atoms with van der Waals surface area (Å²) in [6, 6.07) is -0.970. The van der Waals surface area contributed by atoms with E-state index in [-0.39, 0.29) is 17.9 Å². The van der Waals surface area contributed by atoms with E-state index in [2.05, 4.69) is 16.0 Å². The number of rotatable bonds is 6. The van der Waals surface area contributed by atoms with Crippen molar-refractivity contribution in [1.82, 2.24) is 16.0 Å². The third kappa shape index (κ3) is 4.86. The quantitative estimate of drug-likeness (QED) is 0.500. The molecule has 0 spiro atoms. The van der Waals surface area contributed by atoms with Crippen molar-refractivity contribution in [2.45, 2.75) is 38.8 Å². The Bertz CT molecular complexity index is 351. The summed E-state index contributed by atoms with van der Waals surface area (Å²) in [7, 11) is 0. The number of hydrogen-bond acceptors (Lipinski definition) is 4. The molecule has 0 bridgehead atoms. The summed E-state index contributed by atoms with van der Waals surface area (Å²) >= 11 is 0. The number of carboxylic acids is 1. The molecule has 1 fully saturated rings. The maximum absolute atomic E-state index is 11.9. The van der Waals surface area contributed by atoms with Crippen molar-refractivity contribution in [2.24, 2.45) is 5.92 Å². The normalized spacial score (nSPS) is 20.1. The molecule has 0 aromatic carbocycles. The third-order valence-electron chi connectivity index (χ3n) is 3.04. The summed E-state index contributed by atoms with van der Waals surface area (Å²) in [6.45, 7) is 3.95. The van der Waals surface area contributed by atoms with Crippen LogP contribution in [-0.2, 0) is 14.4 Å². The van der Waals surface area contributed by atoms with Crippen molar-refractivity contribution in [3.8, 4) is 0 Å². The van der Waals surface area contributed by atoms with Crippen molar-refractivity contribution < 1.29 is 19.5 Å². The van der Waals surface area contributed by atoms with Crippen LogP contribution in [0.5, 0.6) is 0 Å². The largest absolute Gasteiger partial charge is 0.480 e. The Hall–Kier alpha value is -1.63. The molecule has 0 unspecified atom stereocenters. The van der Waals surface area contributed by atoms with Crippen LogP contribution in [0.4, 0.5) is 0 Å². The van der Waals surface area contributed by atoms with E-state index in [1.54, 1.807) is 13.8 Å². The van der Waals surface area contributed by atoms with Crippen molar-refractivity contribution >= 4 is 17.8 Å². The Balaban J connectivity index is 2.53. The number of hydrogen-bond donors (Lipinski definition) is 4. The fraction of sp³-hybridized carbons (Fsp3) is 0.750. The fourth-order valence-electron chi connectivity index (χ4n) is 1.97. The number of amides is 2. The molecular weight excluding hydrogens is 250 g/mol. The second-order valence-electron chi connectivity index (χ2n) is 4.99. The average molecular weight is 271 g/mol. The van der Waals surface area contributed by atoms with Gasteiger partial charge in [-0.15, -0.1) is 0 Å². The second kappa shape index (κ2) is 7.08. The van der Waals surface area contributed by atoms with Gasteiger partial charge in [0.15, 0.2) is 0 Å². The second-order valence-corrected chi connectivity index (χ2v) is 4.99. The van der Waals surface area contributed by atoms with Gasteiger partial charge in [0.25, 0.3) is 0 Å². The molecule has 1 saturated heterocycles. The van der Waals surface area contributed by atoms with Crippen LogP contribution in [0.15, 0.2) is 0 Å². The lowest BCUT2D eigenvalue weighted by Crippen LogP contribution is -2.54. The molecule has 1 rings (SSSR count). The lowest BCUT2D eigenvalue weighted by atomic mass is 10.0. The number of carboxylic acid groups (broad SMARTS) is 1. The first-order chi connectivity index (χ1) is 8.91. The molecule has 1 aliphatic heterocycles. The SMILES string of the molecule is CC(C)[C@@H](NC(=O)[C@H]1CCCN1)C(=O)NCC(=O)O. The van der Waals surface area contributed by atoms with Crippen LogP contribution in [0.3, 0.4) is 0 Å². The highest BCUT2D eigenvalue weighted by atomic mass is 16.4. The standard InChI is InChI=1S/C12H21N3O4/c1-7(2)10(12(19)14-6-9(16)17)15-11(18)8-4-3-5-13-8/h7-8,10,13H,3-6H2,1-2H3,(H,14,19)(H,15,18)(H,16,17)/t8-,10-/m1/s1. The predicted molar refractivity (Wildman–Crippen MR) is 68.4 cm³/mol. The minimum Gasteiger partial charge on any atom is -0.480 e. The fourth-order valence-corrected chi connectivity index (χ4v) is 1.97. The predicted octanol–water partition coefficient (Wildman–Crippen LogP) is -0.920. The zero-order chi connectivity index (χ0) is 14.4. The van der Waals surface area contributed by atoms with Gasteiger partial charge in [0, 0.05) is 0 Å². The molecule has 7 nitrogen and oxygen atoms in total. The summed E-state index contributed by atoms with van der Waals surface area (Å²) in [4.78, 5) is 34.2. The molecule has 1 heterocycles. The van der Waals surface area contributed by atoms with E-state index in [1.165, 1.54) is 0 Å². The lowest BCUT2D eigenvalue weighted by Gasteiger charge is -2.23. The number of carbonyl (C=O) groups is 3. The van der Waals surface area contributed by atoms with Crippen molar-refractivity contribution in [3.05, 3.63) is 0 Å². The van der Waals surface area contributed by atoms with E-state index in [0.717, 1.165) is 19.4 Å². The minimum atomic E-state index is -1.11. The number of nitrogens with one attached hydrogen (secondary N) is 3. The molecule has 0 aromatic heterocycles. The molecule has 2 amide bonds. The first-order valence-electron chi connectivity index (χ1n) is 6.45. The van der Waals surface area contributed by atoms with E-state index in [0.29, 0.717) is 0 Å². The van der Waals surface area contributed by atoms with Gasteiger partial charge in [-0.25, -0.2) is 0 Å². The van der Waals surface area contributed by atoms with E-state index >= 15 is 0 Å². The molecule has 4 N–H and O–H groups in total. The minimum absolute atomic E-state index is 0.112. The van der Waals surface area contributed by atoms with Gasteiger partial charge in [-0.1, -0.05) is 13.8 Å². The first-order valence-corrected chi connectivity index (χ1v) is 6.45. The monoisotopic (exact) mass is 271 g/mol. The Labute approximate surface area is 112 Å². The maximum Gasteiger partial charge on any atom is 0.322 e. The van der Waals surface area contributed by atoms with Crippen LogP contribution in [0.2, 0.25) is 0 Å². The van der Waals surface area contributed by atoms with Crippen LogP contribution in [0.1, 0.15) is 26.7 Å². The molecule has 2 atom stereocenters. The van der Waals surface area contributed by atoms with Crippen LogP contribution in [0.25, 0.3) is 0 Å². The van der Waals surface area contributed by atoms with Gasteiger partial charge in [0.05, 0.1) is 6.04 Å². The third-order valence-corrected chi connectivity index (χ3v) is 3.04. The van der Waals surface area contributed by atoms with Crippen molar-refractivity contribution in [2.75, 3.05) is 13.1 Å². The summed E-state index contributed by atoms with van der Waals surface area (Å²) in [5, 5.41) is 16.5. The molecular formula is C12H21N3O4. The van der Waals surface area contributed by atoms with Gasteiger partial charge in [0.1, 0.15) is 12.6 Å². The topological polar surface area (TPSA) is 108 Å². The smallest absolute Gasteiger partial charge is 0.322 e. The van der Waals surface area contributed by atoms with Gasteiger partial charge in [0.2, 0.25) is 11.8 Å². The maximum atomic E-state index is 11.9. The van der Waals surface area contributed by atoms with Crippen LogP contribution in [0, 0.1) is 5.92 Å². The summed E-state index contributed by atoms with van der Waals surface area (Å²) in [5.74, 6) is -1.90. The average Bonchev–Trinajstić information content (AvgIpc) is 2.86. The van der Waals surface area contributed by atoms with Crippen molar-refractivity contribution in [3.63, 3.8) is 0 Å². The number of carbonyl (C=O) groups excluding carboxylic acids is 2. The summed E-state index contributed by atoms with van der Waals surface area (Å²) < 4.78 is 0. The zero-order valence-electron chi connectivity index (χ0n) is 11.2. The molecule has 0 radical (unpaired) electrons. The van der Waals surface area contributed by atoms with Gasteiger partial charge in [-0.2, -0.15) is 0 Å². The highest BCUT2D eigenvalue weighted by Gasteiger charge is 2.29. The van der Waals surface area contributed by atoms with Gasteiger partial charge in [-0.05, 0) is 25.3 Å². The van der Waals surface area contributed by atoms with Crippen LogP contribution in [-0.4, -0.2) is 48.1 Å². The summed E-state index contributed by atoms with van der Waals surface area (Å²) in [5.41, 5.74) is 0. The highest BCUT2D eigenvalue weighted by molar-refractivity contribution is 5.91. The number of aliphatic carboxylic acids is 1. The highest BCUT2D eigenvalue weighted by Crippen LogP contribution is 2.07. The van der Waals surface area contributed by atoms with E-state index in [9.17, 15) is 14.4 Å². The molecule has 0 aromatic rings. The van der Waals surface area contributed by atoms with Gasteiger partial charge < -0.3 is 21.1 Å². The molecule has 19 heavy (non-hydrogen) atoms. The van der Waals surface area contributed by atoms with E-state index < -0.39 is 24.5 Å². The van der Waals surface area contributed by atoms with E-state index in [4.69, 9.17) is 5.11 Å². The van der Waals surface area contributed by atoms with Gasteiger partial charge in [-0.3, -0.25) is 14.4 Å². The molecule has 0 aliphatic carbocycles. The molecule has 0 saturated carbocycles. The van der Waals surface area contributed by atoms with E-state index in [1.807, 2.05) is 0 Å². The molecule has 1 aliphatic rings. The Kier molecular flexibility index (Phi) is 5.75. The molecule has 7 heteroatoms. The van der Waals surface area contributed by atoms with Crippen LogP contribution < -0.4 is 16.0 Å². The van der Waals surface area contributed by atoms with Gasteiger partial charge >= 0.3 is 5.97 Å². The van der Waals surface area contributed by atoms with Crippen LogP contribution >= 0.6 is 0 Å². The lowest BCUT2D eigenvalue weighted by molar-refractivity contribution is -0.138. The first kappa shape index (κ1) is 15.4. The van der Waals surface area contributed by atoms with Crippen molar-refractivity contribution in [1.29, 1.82) is 0 Å².